The third-order valence-electron chi connectivity index (χ3n) is 4.19. The molecule has 0 bridgehead atoms. The standard InChI is InChI=1S/C21H23N3O2/c1-14(2)20(21-22-17-9-4-5-10-18(17)23-21)24-19(25)12-11-15-7-6-8-16(13-15)26-3/h4-14,20H,1-3H3,(H,22,23)(H,24,25)/b12-11+. The number of benzene rings is 2. The smallest absolute Gasteiger partial charge is 0.244 e. The molecule has 5 nitrogen and oxygen atoms in total. The maximum Gasteiger partial charge on any atom is 0.244 e. The molecule has 0 saturated heterocycles. The molecule has 1 atom stereocenters. The number of para-hydroxylation sites is 2. The molecule has 0 spiro atoms. The number of H-pyrrole nitrogens is 1. The Bertz CT molecular complexity index is 895. The number of imidazole rings is 1. The molecule has 3 rings (SSSR count). The summed E-state index contributed by atoms with van der Waals surface area (Å²) < 4.78 is 5.20. The highest BCUT2D eigenvalue weighted by molar-refractivity contribution is 5.92. The molecule has 0 aliphatic carbocycles. The average Bonchev–Trinajstić information content (AvgIpc) is 3.08. The summed E-state index contributed by atoms with van der Waals surface area (Å²) in [6.45, 7) is 4.12. The van der Waals surface area contributed by atoms with E-state index < -0.39 is 0 Å². The van der Waals surface area contributed by atoms with Crippen LogP contribution >= 0.6 is 0 Å². The van der Waals surface area contributed by atoms with Crippen LogP contribution in [0.3, 0.4) is 0 Å². The van der Waals surface area contributed by atoms with Crippen molar-refractivity contribution in [3.8, 4) is 5.75 Å². The van der Waals surface area contributed by atoms with Gasteiger partial charge in [0, 0.05) is 6.08 Å². The van der Waals surface area contributed by atoms with Gasteiger partial charge in [-0.05, 0) is 41.8 Å². The lowest BCUT2D eigenvalue weighted by atomic mass is 10.0. The van der Waals surface area contributed by atoms with Gasteiger partial charge < -0.3 is 15.0 Å². The first-order valence-electron chi connectivity index (χ1n) is 8.64. The first-order valence-corrected chi connectivity index (χ1v) is 8.64. The Morgan fingerprint density at radius 2 is 2.00 bits per heavy atom. The minimum Gasteiger partial charge on any atom is -0.497 e. The van der Waals surface area contributed by atoms with Crippen LogP contribution < -0.4 is 10.1 Å². The zero-order valence-electron chi connectivity index (χ0n) is 15.2. The lowest BCUT2D eigenvalue weighted by Crippen LogP contribution is -2.31. The van der Waals surface area contributed by atoms with Gasteiger partial charge in [0.1, 0.15) is 11.6 Å². The molecule has 3 aromatic rings. The van der Waals surface area contributed by atoms with E-state index >= 15 is 0 Å². The molecule has 1 aromatic heterocycles. The number of aromatic nitrogens is 2. The molecule has 2 aromatic carbocycles. The van der Waals surface area contributed by atoms with Crippen LogP contribution in [0, 0.1) is 5.92 Å². The van der Waals surface area contributed by atoms with Crippen LogP contribution in [0.4, 0.5) is 0 Å². The maximum atomic E-state index is 12.4. The van der Waals surface area contributed by atoms with Gasteiger partial charge in [-0.1, -0.05) is 38.1 Å². The summed E-state index contributed by atoms with van der Waals surface area (Å²) in [6, 6.07) is 15.2. The summed E-state index contributed by atoms with van der Waals surface area (Å²) in [5.41, 5.74) is 2.77. The fraction of sp³-hybridized carbons (Fsp3) is 0.238. The number of hydrogen-bond donors (Lipinski definition) is 2. The van der Waals surface area contributed by atoms with Crippen molar-refractivity contribution in [3.05, 3.63) is 66.0 Å². The van der Waals surface area contributed by atoms with E-state index in [2.05, 4.69) is 29.1 Å². The molecule has 0 saturated carbocycles. The fourth-order valence-electron chi connectivity index (χ4n) is 2.79. The Labute approximate surface area is 153 Å². The van der Waals surface area contributed by atoms with Gasteiger partial charge in [0.2, 0.25) is 5.91 Å². The average molecular weight is 349 g/mol. The number of rotatable bonds is 6. The zero-order chi connectivity index (χ0) is 18.5. The van der Waals surface area contributed by atoms with Crippen LogP contribution in [-0.2, 0) is 4.79 Å². The predicted octanol–water partition coefficient (Wildman–Crippen LogP) is 4.10. The second kappa shape index (κ2) is 7.87. The van der Waals surface area contributed by atoms with Crippen LogP contribution in [0.25, 0.3) is 17.1 Å². The van der Waals surface area contributed by atoms with Gasteiger partial charge in [0.25, 0.3) is 0 Å². The van der Waals surface area contributed by atoms with Crippen LogP contribution in [0.15, 0.2) is 54.6 Å². The Kier molecular flexibility index (Phi) is 5.37. The molecular formula is C21H23N3O2. The molecule has 5 heteroatoms. The quantitative estimate of drug-likeness (QED) is 0.659. The number of fused-ring (bicyclic) bond motifs is 1. The van der Waals surface area contributed by atoms with Crippen LogP contribution in [-0.4, -0.2) is 23.0 Å². The fourth-order valence-corrected chi connectivity index (χ4v) is 2.79. The van der Waals surface area contributed by atoms with E-state index in [1.165, 1.54) is 6.08 Å². The number of methoxy groups -OCH3 is 1. The first-order chi connectivity index (χ1) is 12.6. The van der Waals surface area contributed by atoms with E-state index in [1.807, 2.05) is 48.5 Å². The summed E-state index contributed by atoms with van der Waals surface area (Å²) in [5.74, 6) is 1.57. The van der Waals surface area contributed by atoms with E-state index in [0.717, 1.165) is 28.2 Å². The molecule has 0 radical (unpaired) electrons. The van der Waals surface area contributed by atoms with Gasteiger partial charge >= 0.3 is 0 Å². The third kappa shape index (κ3) is 4.11. The molecule has 0 aliphatic rings. The van der Waals surface area contributed by atoms with Crippen LogP contribution in [0.5, 0.6) is 5.75 Å². The first kappa shape index (κ1) is 17.7. The molecule has 1 heterocycles. The summed E-state index contributed by atoms with van der Waals surface area (Å²) in [7, 11) is 1.62. The van der Waals surface area contributed by atoms with Crippen LogP contribution in [0.1, 0.15) is 31.3 Å². The zero-order valence-corrected chi connectivity index (χ0v) is 15.2. The molecule has 1 amide bonds. The van der Waals surface area contributed by atoms with Crippen molar-refractivity contribution < 1.29 is 9.53 Å². The lowest BCUT2D eigenvalue weighted by Gasteiger charge is -2.19. The Balaban J connectivity index is 1.75. The monoisotopic (exact) mass is 349 g/mol. The summed E-state index contributed by atoms with van der Waals surface area (Å²) >= 11 is 0. The summed E-state index contributed by atoms with van der Waals surface area (Å²) in [4.78, 5) is 20.3. The summed E-state index contributed by atoms with van der Waals surface area (Å²) in [6.07, 6.45) is 3.31. The number of carbonyl (C=O) groups is 1. The van der Waals surface area contributed by atoms with Crippen molar-refractivity contribution in [1.29, 1.82) is 0 Å². The second-order valence-corrected chi connectivity index (χ2v) is 6.48. The number of nitrogens with zero attached hydrogens (tertiary/aromatic N) is 1. The molecule has 0 fully saturated rings. The Morgan fingerprint density at radius 3 is 2.73 bits per heavy atom. The number of carbonyl (C=O) groups excluding carboxylic acids is 1. The van der Waals surface area contributed by atoms with E-state index in [0.29, 0.717) is 0 Å². The van der Waals surface area contributed by atoms with Crippen molar-refractivity contribution in [2.75, 3.05) is 7.11 Å². The van der Waals surface area contributed by atoms with E-state index in [4.69, 9.17) is 4.74 Å². The molecule has 2 N–H and O–H groups in total. The van der Waals surface area contributed by atoms with Gasteiger partial charge in [-0.2, -0.15) is 0 Å². The van der Waals surface area contributed by atoms with Crippen molar-refractivity contribution in [1.82, 2.24) is 15.3 Å². The number of aromatic amines is 1. The van der Waals surface area contributed by atoms with Gasteiger partial charge in [0.05, 0.1) is 24.2 Å². The lowest BCUT2D eigenvalue weighted by molar-refractivity contribution is -0.117. The van der Waals surface area contributed by atoms with E-state index in [-0.39, 0.29) is 17.9 Å². The largest absolute Gasteiger partial charge is 0.497 e. The van der Waals surface area contributed by atoms with E-state index in [9.17, 15) is 4.79 Å². The molecule has 26 heavy (non-hydrogen) atoms. The highest BCUT2D eigenvalue weighted by Crippen LogP contribution is 2.22. The van der Waals surface area contributed by atoms with Crippen molar-refractivity contribution in [3.63, 3.8) is 0 Å². The number of nitrogens with one attached hydrogen (secondary N) is 2. The van der Waals surface area contributed by atoms with Crippen molar-refractivity contribution in [2.45, 2.75) is 19.9 Å². The molecular weight excluding hydrogens is 326 g/mol. The number of ether oxygens (including phenoxy) is 1. The van der Waals surface area contributed by atoms with Crippen molar-refractivity contribution in [2.24, 2.45) is 5.92 Å². The highest BCUT2D eigenvalue weighted by Gasteiger charge is 2.20. The van der Waals surface area contributed by atoms with Gasteiger partial charge in [-0.15, -0.1) is 0 Å². The second-order valence-electron chi connectivity index (χ2n) is 6.48. The molecule has 1 unspecified atom stereocenters. The third-order valence-corrected chi connectivity index (χ3v) is 4.19. The normalized spacial score (nSPS) is 12.6. The Hall–Kier alpha value is -3.08. The van der Waals surface area contributed by atoms with Gasteiger partial charge in [-0.3, -0.25) is 4.79 Å². The van der Waals surface area contributed by atoms with Crippen LogP contribution in [0.2, 0.25) is 0 Å². The summed E-state index contributed by atoms with van der Waals surface area (Å²) in [5, 5.41) is 3.04. The minimum absolute atomic E-state index is 0.160. The number of hydrogen-bond acceptors (Lipinski definition) is 3. The predicted molar refractivity (Wildman–Crippen MR) is 104 cm³/mol. The highest BCUT2D eigenvalue weighted by atomic mass is 16.5. The van der Waals surface area contributed by atoms with Gasteiger partial charge in [-0.25, -0.2) is 4.98 Å². The number of amides is 1. The topological polar surface area (TPSA) is 67.0 Å². The molecule has 134 valence electrons. The maximum absolute atomic E-state index is 12.4. The minimum atomic E-state index is -0.190. The SMILES string of the molecule is COc1cccc(/C=C/C(=O)NC(c2nc3ccccc3[nH]2)C(C)C)c1. The van der Waals surface area contributed by atoms with Crippen molar-refractivity contribution >= 4 is 23.0 Å². The van der Waals surface area contributed by atoms with E-state index in [1.54, 1.807) is 13.2 Å². The molecule has 0 aliphatic heterocycles. The van der Waals surface area contributed by atoms with Gasteiger partial charge in [0.15, 0.2) is 0 Å². The Morgan fingerprint density at radius 1 is 1.19 bits per heavy atom.